The molecule has 1 aromatic carbocycles. The highest BCUT2D eigenvalue weighted by atomic mass is 32.2. The van der Waals surface area contributed by atoms with Gasteiger partial charge in [0.25, 0.3) is 0 Å². The summed E-state index contributed by atoms with van der Waals surface area (Å²) < 4.78 is 31.9. The van der Waals surface area contributed by atoms with Gasteiger partial charge in [-0.05, 0) is 55.4 Å². The molecule has 2 aliphatic rings. The van der Waals surface area contributed by atoms with Crippen molar-refractivity contribution >= 4 is 16.0 Å². The van der Waals surface area contributed by atoms with Crippen LogP contribution in [0.15, 0.2) is 23.1 Å². The fourth-order valence-corrected chi connectivity index (χ4v) is 5.37. The van der Waals surface area contributed by atoms with E-state index < -0.39 is 16.0 Å². The third-order valence-electron chi connectivity index (χ3n) is 5.12. The van der Waals surface area contributed by atoms with Crippen LogP contribution in [-0.4, -0.2) is 44.9 Å². The van der Waals surface area contributed by atoms with Crippen molar-refractivity contribution in [2.24, 2.45) is 17.6 Å². The van der Waals surface area contributed by atoms with Gasteiger partial charge in [0, 0.05) is 19.1 Å². The number of ether oxygens (including phenoxy) is 1. The van der Waals surface area contributed by atoms with E-state index in [-0.39, 0.29) is 16.9 Å². The molecule has 0 aromatic heterocycles. The first-order chi connectivity index (χ1) is 10.8. The molecule has 0 radical (unpaired) electrons. The van der Waals surface area contributed by atoms with Crippen LogP contribution in [0.1, 0.15) is 28.8 Å². The molecule has 6 nitrogen and oxygen atoms in total. The molecule has 1 heterocycles. The molecule has 23 heavy (non-hydrogen) atoms. The van der Waals surface area contributed by atoms with Gasteiger partial charge in [0.05, 0.1) is 17.6 Å². The third kappa shape index (κ3) is 2.77. The molecule has 3 atom stereocenters. The van der Waals surface area contributed by atoms with Crippen LogP contribution < -0.4 is 5.73 Å². The Bertz CT molecular complexity index is 732. The highest BCUT2D eigenvalue weighted by Gasteiger charge is 2.45. The normalized spacial score (nSPS) is 27.9. The number of benzene rings is 1. The molecular formula is C16H22N2O4S. The highest BCUT2D eigenvalue weighted by Crippen LogP contribution is 2.39. The molecule has 1 saturated carbocycles. The van der Waals surface area contributed by atoms with E-state index in [9.17, 15) is 13.2 Å². The standard InChI is InChI=1S/C16H22N2O4S/c1-10-7-12(4-5-13(10)16(19)22-2)23(20,21)18-8-11-3-6-15(17)14(11)9-18/h4-5,7,11,14-15H,3,6,8-9,17H2,1-2H3. The van der Waals surface area contributed by atoms with Gasteiger partial charge in [-0.15, -0.1) is 0 Å². The predicted octanol–water partition coefficient (Wildman–Crippen LogP) is 1.14. The van der Waals surface area contributed by atoms with E-state index in [1.807, 2.05) is 0 Å². The zero-order valence-corrected chi connectivity index (χ0v) is 14.2. The van der Waals surface area contributed by atoms with E-state index >= 15 is 0 Å². The Hall–Kier alpha value is -1.44. The minimum Gasteiger partial charge on any atom is -0.465 e. The van der Waals surface area contributed by atoms with E-state index in [4.69, 9.17) is 10.5 Å². The first-order valence-corrected chi connectivity index (χ1v) is 9.23. The Morgan fingerprint density at radius 2 is 2.04 bits per heavy atom. The van der Waals surface area contributed by atoms with Gasteiger partial charge in [0.1, 0.15) is 0 Å². The topological polar surface area (TPSA) is 89.7 Å². The minimum atomic E-state index is -3.55. The molecular weight excluding hydrogens is 316 g/mol. The summed E-state index contributed by atoms with van der Waals surface area (Å²) in [6, 6.07) is 4.62. The first kappa shape index (κ1) is 16.4. The molecule has 1 saturated heterocycles. The van der Waals surface area contributed by atoms with Crippen molar-refractivity contribution in [3.05, 3.63) is 29.3 Å². The number of hydrogen-bond acceptors (Lipinski definition) is 5. The number of rotatable bonds is 3. The summed E-state index contributed by atoms with van der Waals surface area (Å²) in [6.45, 7) is 2.74. The van der Waals surface area contributed by atoms with E-state index in [0.29, 0.717) is 30.1 Å². The maximum Gasteiger partial charge on any atom is 0.338 e. The van der Waals surface area contributed by atoms with Crippen molar-refractivity contribution in [3.8, 4) is 0 Å². The Labute approximate surface area is 136 Å². The average molecular weight is 338 g/mol. The van der Waals surface area contributed by atoms with Crippen molar-refractivity contribution < 1.29 is 17.9 Å². The number of sulfonamides is 1. The van der Waals surface area contributed by atoms with Gasteiger partial charge < -0.3 is 10.5 Å². The van der Waals surface area contributed by atoms with E-state index in [0.717, 1.165) is 12.8 Å². The number of nitrogens with zero attached hydrogens (tertiary/aromatic N) is 1. The lowest BCUT2D eigenvalue weighted by Gasteiger charge is -2.19. The van der Waals surface area contributed by atoms with Gasteiger partial charge in [0.2, 0.25) is 10.0 Å². The Kier molecular flexibility index (Phi) is 4.20. The van der Waals surface area contributed by atoms with Crippen LogP contribution in [0.5, 0.6) is 0 Å². The van der Waals surface area contributed by atoms with E-state index in [2.05, 4.69) is 0 Å². The zero-order chi connectivity index (χ0) is 16.8. The van der Waals surface area contributed by atoms with Crippen molar-refractivity contribution in [1.29, 1.82) is 0 Å². The summed E-state index contributed by atoms with van der Waals surface area (Å²) in [5, 5.41) is 0. The second kappa shape index (κ2) is 5.89. The van der Waals surface area contributed by atoms with Gasteiger partial charge in [-0.3, -0.25) is 0 Å². The quantitative estimate of drug-likeness (QED) is 0.835. The van der Waals surface area contributed by atoms with Crippen LogP contribution in [-0.2, 0) is 14.8 Å². The van der Waals surface area contributed by atoms with Crippen molar-refractivity contribution in [1.82, 2.24) is 4.31 Å². The van der Waals surface area contributed by atoms with Gasteiger partial charge in [-0.25, -0.2) is 13.2 Å². The van der Waals surface area contributed by atoms with Crippen LogP contribution >= 0.6 is 0 Å². The van der Waals surface area contributed by atoms with Crippen molar-refractivity contribution in [2.45, 2.75) is 30.7 Å². The third-order valence-corrected chi connectivity index (χ3v) is 6.95. The molecule has 0 amide bonds. The molecule has 2 N–H and O–H groups in total. The van der Waals surface area contributed by atoms with Crippen LogP contribution in [0.4, 0.5) is 0 Å². The number of carbonyl (C=O) groups excluding carboxylic acids is 1. The Balaban J connectivity index is 1.86. The SMILES string of the molecule is COC(=O)c1ccc(S(=O)(=O)N2CC3CCC(N)C3C2)cc1C. The van der Waals surface area contributed by atoms with Crippen molar-refractivity contribution in [2.75, 3.05) is 20.2 Å². The van der Waals surface area contributed by atoms with Gasteiger partial charge >= 0.3 is 5.97 Å². The molecule has 0 bridgehead atoms. The monoisotopic (exact) mass is 338 g/mol. The predicted molar refractivity (Wildman–Crippen MR) is 85.5 cm³/mol. The second-order valence-corrected chi connectivity index (χ2v) is 8.39. The van der Waals surface area contributed by atoms with Crippen LogP contribution in [0.2, 0.25) is 0 Å². The molecule has 2 fully saturated rings. The molecule has 1 aliphatic carbocycles. The van der Waals surface area contributed by atoms with Crippen LogP contribution in [0, 0.1) is 18.8 Å². The van der Waals surface area contributed by atoms with Gasteiger partial charge in [0.15, 0.2) is 0 Å². The second-order valence-electron chi connectivity index (χ2n) is 6.46. The molecule has 0 spiro atoms. The summed E-state index contributed by atoms with van der Waals surface area (Å²) >= 11 is 0. The summed E-state index contributed by atoms with van der Waals surface area (Å²) in [5.74, 6) is 0.170. The number of esters is 1. The fourth-order valence-electron chi connectivity index (χ4n) is 3.75. The maximum absolute atomic E-state index is 12.8. The summed E-state index contributed by atoms with van der Waals surface area (Å²) in [5.41, 5.74) is 7.06. The van der Waals surface area contributed by atoms with Crippen LogP contribution in [0.25, 0.3) is 0 Å². The number of methoxy groups -OCH3 is 1. The number of carbonyl (C=O) groups is 1. The lowest BCUT2D eigenvalue weighted by molar-refractivity contribution is 0.0600. The lowest BCUT2D eigenvalue weighted by Crippen LogP contribution is -2.33. The van der Waals surface area contributed by atoms with E-state index in [1.54, 1.807) is 6.92 Å². The highest BCUT2D eigenvalue weighted by molar-refractivity contribution is 7.89. The Morgan fingerprint density at radius 3 is 2.65 bits per heavy atom. The maximum atomic E-state index is 12.8. The summed E-state index contributed by atoms with van der Waals surface area (Å²) in [7, 11) is -2.25. The molecule has 126 valence electrons. The first-order valence-electron chi connectivity index (χ1n) is 7.79. The number of nitrogens with two attached hydrogens (primary N) is 1. The zero-order valence-electron chi connectivity index (χ0n) is 13.4. The number of aryl methyl sites for hydroxylation is 1. The summed E-state index contributed by atoms with van der Waals surface area (Å²) in [4.78, 5) is 11.8. The smallest absolute Gasteiger partial charge is 0.338 e. The van der Waals surface area contributed by atoms with Gasteiger partial charge in [-0.2, -0.15) is 4.31 Å². The molecule has 7 heteroatoms. The molecule has 1 aliphatic heterocycles. The minimum absolute atomic E-state index is 0.101. The van der Waals surface area contributed by atoms with Crippen molar-refractivity contribution in [3.63, 3.8) is 0 Å². The van der Waals surface area contributed by atoms with Crippen LogP contribution in [0.3, 0.4) is 0 Å². The number of hydrogen-bond donors (Lipinski definition) is 1. The largest absolute Gasteiger partial charge is 0.465 e. The van der Waals surface area contributed by atoms with Gasteiger partial charge in [-0.1, -0.05) is 0 Å². The molecule has 3 unspecified atom stereocenters. The Morgan fingerprint density at radius 1 is 1.30 bits per heavy atom. The average Bonchev–Trinajstić information content (AvgIpc) is 3.09. The number of fused-ring (bicyclic) bond motifs is 1. The fraction of sp³-hybridized carbons (Fsp3) is 0.562. The summed E-state index contributed by atoms with van der Waals surface area (Å²) in [6.07, 6.45) is 1.98. The molecule has 1 aromatic rings. The lowest BCUT2D eigenvalue weighted by atomic mass is 9.98. The van der Waals surface area contributed by atoms with E-state index in [1.165, 1.54) is 29.6 Å². The molecule has 3 rings (SSSR count).